The fourth-order valence-corrected chi connectivity index (χ4v) is 1.69. The monoisotopic (exact) mass is 273 g/mol. The van der Waals surface area contributed by atoms with E-state index >= 15 is 0 Å². The molecule has 2 aromatic rings. The van der Waals surface area contributed by atoms with E-state index in [2.05, 4.69) is 5.32 Å². The molecule has 0 amide bonds. The fraction of sp³-hybridized carbons (Fsp3) is 0.0667. The van der Waals surface area contributed by atoms with Crippen molar-refractivity contribution >= 4 is 23.1 Å². The molecule has 0 saturated heterocycles. The number of carbonyl (C=O) groups excluding carboxylic acids is 1. The Balaban J connectivity index is 2.27. The number of carbonyl (C=O) groups is 2. The van der Waals surface area contributed by atoms with Crippen LogP contribution in [-0.2, 0) is 0 Å². The van der Waals surface area contributed by atoms with E-state index in [1.54, 1.807) is 0 Å². The zero-order chi connectivity index (χ0) is 14.7. The van der Waals surface area contributed by atoms with Gasteiger partial charge < -0.3 is 10.4 Å². The molecule has 5 heteroatoms. The molecule has 0 heterocycles. The Morgan fingerprint density at radius 3 is 2.20 bits per heavy atom. The lowest BCUT2D eigenvalue weighted by Gasteiger charge is -2.09. The summed E-state index contributed by atoms with van der Waals surface area (Å²) in [7, 11) is 0. The third-order valence-electron chi connectivity index (χ3n) is 2.78. The largest absolute Gasteiger partial charge is 0.478 e. The van der Waals surface area contributed by atoms with Crippen molar-refractivity contribution in [3.05, 3.63) is 59.4 Å². The fourth-order valence-electron chi connectivity index (χ4n) is 1.69. The molecule has 0 fully saturated rings. The second-order valence-electron chi connectivity index (χ2n) is 4.26. The summed E-state index contributed by atoms with van der Waals surface area (Å²) < 4.78 is 13.7. The van der Waals surface area contributed by atoms with Gasteiger partial charge in [0.1, 0.15) is 5.82 Å². The summed E-state index contributed by atoms with van der Waals surface area (Å²) in [4.78, 5) is 22.0. The summed E-state index contributed by atoms with van der Waals surface area (Å²) >= 11 is 0. The predicted molar refractivity (Wildman–Crippen MR) is 73.1 cm³/mol. The lowest BCUT2D eigenvalue weighted by molar-refractivity contribution is 0.0696. The molecule has 0 radical (unpaired) electrons. The van der Waals surface area contributed by atoms with Crippen molar-refractivity contribution in [2.45, 2.75) is 6.92 Å². The molecule has 0 spiro atoms. The van der Waals surface area contributed by atoms with E-state index < -0.39 is 11.8 Å². The first kappa shape index (κ1) is 13.7. The van der Waals surface area contributed by atoms with Gasteiger partial charge in [0.25, 0.3) is 0 Å². The zero-order valence-corrected chi connectivity index (χ0v) is 10.7. The maximum atomic E-state index is 13.7. The van der Waals surface area contributed by atoms with Gasteiger partial charge in [-0.2, -0.15) is 0 Å². The van der Waals surface area contributed by atoms with Crippen molar-refractivity contribution in [1.29, 1.82) is 0 Å². The van der Waals surface area contributed by atoms with Crippen molar-refractivity contribution in [3.8, 4) is 0 Å². The molecule has 2 N–H and O–H groups in total. The van der Waals surface area contributed by atoms with Crippen molar-refractivity contribution in [1.82, 2.24) is 0 Å². The van der Waals surface area contributed by atoms with Gasteiger partial charge in [-0.05, 0) is 49.4 Å². The third-order valence-corrected chi connectivity index (χ3v) is 2.78. The molecule has 2 aromatic carbocycles. The molecule has 0 bridgehead atoms. The summed E-state index contributed by atoms with van der Waals surface area (Å²) in [6.45, 7) is 1.40. The molecule has 0 aliphatic rings. The first-order valence-electron chi connectivity index (χ1n) is 5.88. The number of anilines is 2. The summed E-state index contributed by atoms with van der Waals surface area (Å²) in [6, 6.07) is 9.94. The lowest BCUT2D eigenvalue weighted by atomic mass is 10.1. The number of aromatic carboxylic acids is 1. The van der Waals surface area contributed by atoms with Crippen LogP contribution in [0.15, 0.2) is 42.5 Å². The number of benzene rings is 2. The van der Waals surface area contributed by atoms with Crippen LogP contribution in [0.2, 0.25) is 0 Å². The van der Waals surface area contributed by atoms with E-state index in [0.29, 0.717) is 11.3 Å². The van der Waals surface area contributed by atoms with E-state index in [1.165, 1.54) is 49.4 Å². The number of Topliss-reactive ketones (excluding diaryl/α,β-unsaturated/α-hetero) is 1. The number of ketones is 1. The summed E-state index contributed by atoms with van der Waals surface area (Å²) in [5, 5.41) is 11.6. The number of hydrogen-bond acceptors (Lipinski definition) is 3. The topological polar surface area (TPSA) is 66.4 Å². The maximum absolute atomic E-state index is 13.7. The van der Waals surface area contributed by atoms with Crippen molar-refractivity contribution in [2.75, 3.05) is 5.32 Å². The molecule has 2 rings (SSSR count). The Kier molecular flexibility index (Phi) is 3.79. The van der Waals surface area contributed by atoms with Crippen LogP contribution < -0.4 is 5.32 Å². The maximum Gasteiger partial charge on any atom is 0.335 e. The van der Waals surface area contributed by atoms with Crippen LogP contribution in [0.4, 0.5) is 15.8 Å². The predicted octanol–water partition coefficient (Wildman–Crippen LogP) is 3.47. The van der Waals surface area contributed by atoms with Gasteiger partial charge in [-0.25, -0.2) is 9.18 Å². The van der Waals surface area contributed by atoms with E-state index in [4.69, 9.17) is 5.11 Å². The molecular formula is C15H12FNO3. The molecule has 0 aromatic heterocycles. The number of hydrogen-bond donors (Lipinski definition) is 2. The van der Waals surface area contributed by atoms with E-state index in [9.17, 15) is 14.0 Å². The van der Waals surface area contributed by atoms with Crippen molar-refractivity contribution < 1.29 is 19.1 Å². The minimum absolute atomic E-state index is 0.147. The number of halogens is 1. The highest BCUT2D eigenvalue weighted by Gasteiger charge is 2.07. The second kappa shape index (κ2) is 5.52. The number of rotatable bonds is 4. The quantitative estimate of drug-likeness (QED) is 0.837. The number of carboxylic acids is 1. The molecule has 102 valence electrons. The van der Waals surface area contributed by atoms with Gasteiger partial charge in [0.15, 0.2) is 5.78 Å². The molecule has 0 aliphatic heterocycles. The molecule has 4 nitrogen and oxygen atoms in total. The molecule has 0 atom stereocenters. The minimum atomic E-state index is -1.03. The van der Waals surface area contributed by atoms with Crippen LogP contribution in [-0.4, -0.2) is 16.9 Å². The molecular weight excluding hydrogens is 261 g/mol. The normalized spacial score (nSPS) is 10.1. The average molecular weight is 273 g/mol. The van der Waals surface area contributed by atoms with Crippen molar-refractivity contribution in [2.24, 2.45) is 0 Å². The number of carboxylic acid groups (broad SMARTS) is 1. The summed E-state index contributed by atoms with van der Waals surface area (Å²) in [6.07, 6.45) is 0. The minimum Gasteiger partial charge on any atom is -0.478 e. The first-order valence-corrected chi connectivity index (χ1v) is 5.88. The highest BCUT2D eigenvalue weighted by molar-refractivity contribution is 5.95. The average Bonchev–Trinajstić information content (AvgIpc) is 2.41. The van der Waals surface area contributed by atoms with Crippen molar-refractivity contribution in [3.63, 3.8) is 0 Å². The Hall–Kier alpha value is -2.69. The molecule has 0 aliphatic carbocycles. The molecule has 0 unspecified atom stereocenters. The van der Waals surface area contributed by atoms with Crippen LogP contribution in [0.1, 0.15) is 27.6 Å². The van der Waals surface area contributed by atoms with Gasteiger partial charge in [0.2, 0.25) is 0 Å². The summed E-state index contributed by atoms with van der Waals surface area (Å²) in [5.74, 6) is -1.67. The van der Waals surface area contributed by atoms with Gasteiger partial charge >= 0.3 is 5.97 Å². The lowest BCUT2D eigenvalue weighted by Crippen LogP contribution is -1.99. The van der Waals surface area contributed by atoms with E-state index in [0.717, 1.165) is 0 Å². The van der Waals surface area contributed by atoms with Gasteiger partial charge in [-0.3, -0.25) is 4.79 Å². The highest BCUT2D eigenvalue weighted by Crippen LogP contribution is 2.22. The van der Waals surface area contributed by atoms with Crippen LogP contribution in [0, 0.1) is 5.82 Å². The molecule has 20 heavy (non-hydrogen) atoms. The Morgan fingerprint density at radius 1 is 1.05 bits per heavy atom. The van der Waals surface area contributed by atoms with E-state index in [1.807, 2.05) is 0 Å². The zero-order valence-electron chi connectivity index (χ0n) is 10.7. The first-order chi connectivity index (χ1) is 9.47. The van der Waals surface area contributed by atoms with Gasteiger partial charge in [0.05, 0.1) is 11.3 Å². The van der Waals surface area contributed by atoms with Gasteiger partial charge in [-0.15, -0.1) is 0 Å². The Labute approximate surface area is 114 Å². The van der Waals surface area contributed by atoms with Gasteiger partial charge in [-0.1, -0.05) is 0 Å². The van der Waals surface area contributed by atoms with Gasteiger partial charge in [0, 0.05) is 11.3 Å². The van der Waals surface area contributed by atoms with Crippen LogP contribution in [0.25, 0.3) is 0 Å². The van der Waals surface area contributed by atoms with Crippen LogP contribution >= 0.6 is 0 Å². The Bertz CT molecular complexity index is 665. The van der Waals surface area contributed by atoms with E-state index in [-0.39, 0.29) is 17.0 Å². The number of nitrogens with one attached hydrogen (secondary N) is 1. The smallest absolute Gasteiger partial charge is 0.335 e. The third kappa shape index (κ3) is 3.00. The van der Waals surface area contributed by atoms with Crippen LogP contribution in [0.5, 0.6) is 0 Å². The highest BCUT2D eigenvalue weighted by atomic mass is 19.1. The van der Waals surface area contributed by atoms with Crippen LogP contribution in [0.3, 0.4) is 0 Å². The Morgan fingerprint density at radius 2 is 1.65 bits per heavy atom. The molecule has 0 saturated carbocycles. The standard InChI is InChI=1S/C15H12FNO3/c1-9(18)11-4-7-13(16)14(8-11)17-12-5-2-10(3-6-12)15(19)20/h2-8,17H,1H3,(H,19,20). The SMILES string of the molecule is CC(=O)c1ccc(F)c(Nc2ccc(C(=O)O)cc2)c1. The summed E-state index contributed by atoms with van der Waals surface area (Å²) in [5.41, 5.74) is 1.25. The second-order valence-corrected chi connectivity index (χ2v) is 4.26.